The molecule has 0 unspecified atom stereocenters. The maximum atomic E-state index is 5.61. The second-order valence-electron chi connectivity index (χ2n) is 4.32. The number of likely N-dealkylation sites (N-methyl/N-ethyl adjacent to an activating group) is 1. The van der Waals surface area contributed by atoms with Crippen LogP contribution in [0.5, 0.6) is 5.75 Å². The summed E-state index contributed by atoms with van der Waals surface area (Å²) in [6.07, 6.45) is 3.38. The molecule has 88 valence electrons. The van der Waals surface area contributed by atoms with Gasteiger partial charge in [0.05, 0.1) is 12.2 Å². The average Bonchev–Trinajstić information content (AvgIpc) is 2.30. The summed E-state index contributed by atoms with van der Waals surface area (Å²) in [7, 11) is 2.12. The van der Waals surface area contributed by atoms with E-state index in [1.54, 1.807) is 0 Å². The van der Waals surface area contributed by atoms with Crippen LogP contribution in [0.2, 0.25) is 0 Å². The number of hydrogen-bond donors (Lipinski definition) is 1. The van der Waals surface area contributed by atoms with Crippen LogP contribution in [0, 0.1) is 0 Å². The minimum atomic E-state index is 0.786. The molecular weight excluding hydrogens is 200 g/mol. The molecule has 1 heterocycles. The van der Waals surface area contributed by atoms with E-state index in [0.29, 0.717) is 0 Å². The highest BCUT2D eigenvalue weighted by Gasteiger charge is 2.14. The molecule has 2 N–H and O–H groups in total. The van der Waals surface area contributed by atoms with Gasteiger partial charge in [-0.2, -0.15) is 0 Å². The van der Waals surface area contributed by atoms with E-state index < -0.39 is 0 Å². The third kappa shape index (κ3) is 2.47. The van der Waals surface area contributed by atoms with Crippen LogP contribution in [0.3, 0.4) is 0 Å². The number of benzene rings is 1. The molecule has 0 atom stereocenters. The van der Waals surface area contributed by atoms with Gasteiger partial charge >= 0.3 is 0 Å². The number of hydrogen-bond acceptors (Lipinski definition) is 3. The number of aryl methyl sites for hydroxylation is 1. The fraction of sp³-hybridized carbons (Fsp3) is 0.538. The molecule has 0 radical (unpaired) electrons. The monoisotopic (exact) mass is 220 g/mol. The van der Waals surface area contributed by atoms with Crippen LogP contribution in [0.1, 0.15) is 18.4 Å². The van der Waals surface area contributed by atoms with Gasteiger partial charge in [-0.1, -0.05) is 6.07 Å². The van der Waals surface area contributed by atoms with Gasteiger partial charge in [-0.05, 0) is 43.5 Å². The van der Waals surface area contributed by atoms with E-state index >= 15 is 0 Å². The van der Waals surface area contributed by atoms with Gasteiger partial charge in [0.15, 0.2) is 0 Å². The Balaban J connectivity index is 2.08. The highest BCUT2D eigenvalue weighted by Crippen LogP contribution is 2.31. The van der Waals surface area contributed by atoms with Crippen molar-refractivity contribution < 1.29 is 4.74 Å². The Morgan fingerprint density at radius 3 is 3.06 bits per heavy atom. The predicted molar refractivity (Wildman–Crippen MR) is 67.2 cm³/mol. The molecule has 1 aromatic carbocycles. The van der Waals surface area contributed by atoms with E-state index in [0.717, 1.165) is 38.3 Å². The predicted octanol–water partition coefficient (Wildman–Crippen LogP) is 1.80. The molecule has 0 amide bonds. The molecule has 0 aliphatic carbocycles. The summed E-state index contributed by atoms with van der Waals surface area (Å²) < 4.78 is 5.61. The van der Waals surface area contributed by atoms with Gasteiger partial charge in [0.1, 0.15) is 12.4 Å². The first-order valence-electron chi connectivity index (χ1n) is 5.98. The first kappa shape index (κ1) is 11.3. The molecule has 1 aromatic rings. The lowest BCUT2D eigenvalue weighted by Crippen LogP contribution is -2.28. The second kappa shape index (κ2) is 5.21. The number of unbranched alkanes of at least 4 members (excludes halogenated alkanes) is 1. The number of fused-ring (bicyclic) bond motifs is 1. The zero-order valence-electron chi connectivity index (χ0n) is 9.91. The molecule has 0 saturated heterocycles. The molecule has 1 aliphatic heterocycles. The van der Waals surface area contributed by atoms with Crippen LogP contribution in [-0.4, -0.2) is 26.7 Å². The molecule has 3 nitrogen and oxygen atoms in total. The van der Waals surface area contributed by atoms with E-state index in [1.165, 1.54) is 17.7 Å². The normalized spacial score (nSPS) is 14.5. The maximum absolute atomic E-state index is 5.61. The Morgan fingerprint density at radius 1 is 1.38 bits per heavy atom. The fourth-order valence-corrected chi connectivity index (χ4v) is 2.03. The van der Waals surface area contributed by atoms with Crippen molar-refractivity contribution in [1.82, 2.24) is 0 Å². The summed E-state index contributed by atoms with van der Waals surface area (Å²) in [5.41, 5.74) is 8.10. The summed E-state index contributed by atoms with van der Waals surface area (Å²) in [4.78, 5) is 2.26. The van der Waals surface area contributed by atoms with Gasteiger partial charge in [-0.25, -0.2) is 0 Å². The van der Waals surface area contributed by atoms with Gasteiger partial charge in [0.2, 0.25) is 0 Å². The molecule has 0 aromatic heterocycles. The van der Waals surface area contributed by atoms with Crippen molar-refractivity contribution in [2.24, 2.45) is 5.73 Å². The highest BCUT2D eigenvalue weighted by atomic mass is 16.5. The maximum Gasteiger partial charge on any atom is 0.142 e. The lowest BCUT2D eigenvalue weighted by Gasteiger charge is -2.28. The number of rotatable bonds is 4. The van der Waals surface area contributed by atoms with Crippen molar-refractivity contribution in [2.45, 2.75) is 19.3 Å². The van der Waals surface area contributed by atoms with Crippen molar-refractivity contribution >= 4 is 5.69 Å². The zero-order valence-corrected chi connectivity index (χ0v) is 9.91. The summed E-state index contributed by atoms with van der Waals surface area (Å²) in [6, 6.07) is 6.49. The van der Waals surface area contributed by atoms with Crippen LogP contribution < -0.4 is 15.4 Å². The van der Waals surface area contributed by atoms with Crippen LogP contribution >= 0.6 is 0 Å². The van der Waals surface area contributed by atoms with Crippen molar-refractivity contribution in [1.29, 1.82) is 0 Å². The second-order valence-corrected chi connectivity index (χ2v) is 4.32. The Kier molecular flexibility index (Phi) is 3.67. The van der Waals surface area contributed by atoms with E-state index in [9.17, 15) is 0 Å². The third-order valence-electron chi connectivity index (χ3n) is 3.04. The Bertz CT molecular complexity index is 352. The lowest BCUT2D eigenvalue weighted by molar-refractivity contribution is 0.311. The van der Waals surface area contributed by atoms with Gasteiger partial charge in [0, 0.05) is 7.05 Å². The van der Waals surface area contributed by atoms with Crippen LogP contribution in [0.25, 0.3) is 0 Å². The first-order chi connectivity index (χ1) is 7.81. The average molecular weight is 220 g/mol. The summed E-state index contributed by atoms with van der Waals surface area (Å²) in [6.45, 7) is 2.54. The lowest BCUT2D eigenvalue weighted by atomic mass is 10.1. The largest absolute Gasteiger partial charge is 0.490 e. The minimum Gasteiger partial charge on any atom is -0.490 e. The smallest absolute Gasteiger partial charge is 0.142 e. The Morgan fingerprint density at radius 2 is 2.25 bits per heavy atom. The quantitative estimate of drug-likeness (QED) is 0.786. The van der Waals surface area contributed by atoms with E-state index in [2.05, 4.69) is 30.1 Å². The molecular formula is C13H20N2O. The van der Waals surface area contributed by atoms with Gasteiger partial charge in [-0.15, -0.1) is 0 Å². The molecule has 0 saturated carbocycles. The highest BCUT2D eigenvalue weighted by molar-refractivity contribution is 5.60. The standard InChI is InChI=1S/C13H20N2O/c1-15-8-9-16-13-6-5-11(10-12(13)15)4-2-3-7-14/h5-6,10H,2-4,7-9,14H2,1H3. The van der Waals surface area contributed by atoms with Crippen LogP contribution in [-0.2, 0) is 6.42 Å². The van der Waals surface area contributed by atoms with E-state index in [-0.39, 0.29) is 0 Å². The van der Waals surface area contributed by atoms with Gasteiger partial charge < -0.3 is 15.4 Å². The summed E-state index contributed by atoms with van der Waals surface area (Å²) in [5, 5.41) is 0. The summed E-state index contributed by atoms with van der Waals surface area (Å²) in [5.74, 6) is 1.01. The number of anilines is 1. The fourth-order valence-electron chi connectivity index (χ4n) is 2.03. The molecule has 2 rings (SSSR count). The molecule has 0 spiro atoms. The van der Waals surface area contributed by atoms with Crippen molar-refractivity contribution in [2.75, 3.05) is 31.6 Å². The Hall–Kier alpha value is -1.22. The van der Waals surface area contributed by atoms with Crippen LogP contribution in [0.4, 0.5) is 5.69 Å². The third-order valence-corrected chi connectivity index (χ3v) is 3.04. The van der Waals surface area contributed by atoms with Gasteiger partial charge in [-0.3, -0.25) is 0 Å². The number of nitrogens with two attached hydrogens (primary N) is 1. The van der Waals surface area contributed by atoms with Gasteiger partial charge in [0.25, 0.3) is 0 Å². The molecule has 0 bridgehead atoms. The molecule has 16 heavy (non-hydrogen) atoms. The van der Waals surface area contributed by atoms with Crippen molar-refractivity contribution in [3.05, 3.63) is 23.8 Å². The SMILES string of the molecule is CN1CCOc2ccc(CCCCN)cc21. The molecule has 1 aliphatic rings. The van der Waals surface area contributed by atoms with E-state index in [4.69, 9.17) is 10.5 Å². The summed E-state index contributed by atoms with van der Waals surface area (Å²) >= 11 is 0. The van der Waals surface area contributed by atoms with E-state index in [1.807, 2.05) is 0 Å². The molecule has 0 fully saturated rings. The number of ether oxygens (including phenoxy) is 1. The zero-order chi connectivity index (χ0) is 11.4. The first-order valence-corrected chi connectivity index (χ1v) is 5.98. The van der Waals surface area contributed by atoms with Crippen molar-refractivity contribution in [3.63, 3.8) is 0 Å². The molecule has 3 heteroatoms. The minimum absolute atomic E-state index is 0.786. The topological polar surface area (TPSA) is 38.5 Å². The van der Waals surface area contributed by atoms with Crippen molar-refractivity contribution in [3.8, 4) is 5.75 Å². The Labute approximate surface area is 97.2 Å². The number of nitrogens with zero attached hydrogens (tertiary/aromatic N) is 1. The van der Waals surface area contributed by atoms with Crippen LogP contribution in [0.15, 0.2) is 18.2 Å².